The van der Waals surface area contributed by atoms with Gasteiger partial charge in [0.2, 0.25) is 0 Å². The minimum atomic E-state index is -0.914. The molecule has 2 nitrogen and oxygen atoms in total. The molecule has 0 aliphatic heterocycles. The molecule has 0 aromatic carbocycles. The Morgan fingerprint density at radius 3 is 1.67 bits per heavy atom. The molecule has 0 saturated heterocycles. The van der Waals surface area contributed by atoms with E-state index in [0.29, 0.717) is 0 Å². The second kappa shape index (κ2) is 19.7. The SMILES string of the molecule is CCCCCCCC/C=C\CCCCCCCC(=O)[O-].[Fe+3]. The topological polar surface area (TPSA) is 40.1 Å². The smallest absolute Gasteiger partial charge is 0.550 e. The molecule has 0 heterocycles. The van der Waals surface area contributed by atoms with Crippen molar-refractivity contribution >= 4 is 5.97 Å². The quantitative estimate of drug-likeness (QED) is 0.245. The molecule has 0 aliphatic carbocycles. The molecule has 0 atom stereocenters. The predicted molar refractivity (Wildman–Crippen MR) is 84.5 cm³/mol. The van der Waals surface area contributed by atoms with Crippen LogP contribution in [0.1, 0.15) is 96.8 Å². The first-order valence-corrected chi connectivity index (χ1v) is 8.62. The average Bonchev–Trinajstić information content (AvgIpc) is 2.43. The molecule has 0 saturated carbocycles. The second-order valence-electron chi connectivity index (χ2n) is 5.71. The number of rotatable bonds is 15. The Kier molecular flexibility index (Phi) is 21.6. The van der Waals surface area contributed by atoms with Gasteiger partial charge in [0.15, 0.2) is 0 Å². The number of carboxylic acids is 1. The van der Waals surface area contributed by atoms with Crippen LogP contribution in [0.4, 0.5) is 0 Å². The van der Waals surface area contributed by atoms with Gasteiger partial charge in [0.05, 0.1) is 0 Å². The summed E-state index contributed by atoms with van der Waals surface area (Å²) in [6.45, 7) is 2.26. The monoisotopic (exact) mass is 337 g/mol. The van der Waals surface area contributed by atoms with Gasteiger partial charge >= 0.3 is 17.1 Å². The number of unbranched alkanes of at least 4 members (excludes halogenated alkanes) is 11. The zero-order chi connectivity index (χ0) is 14.9. The molecule has 0 rings (SSSR count). The van der Waals surface area contributed by atoms with E-state index in [-0.39, 0.29) is 23.5 Å². The summed E-state index contributed by atoms with van der Waals surface area (Å²) in [6, 6.07) is 0. The summed E-state index contributed by atoms with van der Waals surface area (Å²) in [5.74, 6) is -0.914. The molecule has 0 aromatic heterocycles. The van der Waals surface area contributed by atoms with Crippen molar-refractivity contribution in [2.45, 2.75) is 96.8 Å². The van der Waals surface area contributed by atoms with Gasteiger partial charge in [0, 0.05) is 5.97 Å². The number of carbonyl (C=O) groups excluding carboxylic acids is 1. The van der Waals surface area contributed by atoms with Crippen LogP contribution in [0.3, 0.4) is 0 Å². The molecule has 0 spiro atoms. The Labute approximate surface area is 142 Å². The van der Waals surface area contributed by atoms with Gasteiger partial charge in [-0.05, 0) is 38.5 Å². The first-order chi connectivity index (χ1) is 9.77. The maximum Gasteiger partial charge on any atom is 3.00 e. The van der Waals surface area contributed by atoms with E-state index in [1.807, 2.05) is 0 Å². The molecular formula is C18H33FeO2+2. The number of hydrogen-bond acceptors (Lipinski definition) is 2. The van der Waals surface area contributed by atoms with Gasteiger partial charge in [-0.25, -0.2) is 0 Å². The van der Waals surface area contributed by atoms with Crippen molar-refractivity contribution in [3.05, 3.63) is 12.2 Å². The van der Waals surface area contributed by atoms with Crippen LogP contribution in [-0.4, -0.2) is 5.97 Å². The Morgan fingerprint density at radius 2 is 1.19 bits per heavy atom. The van der Waals surface area contributed by atoms with Gasteiger partial charge in [-0.3, -0.25) is 0 Å². The fourth-order valence-corrected chi connectivity index (χ4v) is 2.34. The van der Waals surface area contributed by atoms with Crippen molar-refractivity contribution in [3.8, 4) is 0 Å². The maximum absolute atomic E-state index is 10.2. The number of aliphatic carboxylic acids is 1. The molecule has 123 valence electrons. The molecule has 0 bridgehead atoms. The standard InChI is InChI=1S/C18H34O2.Fe/c1-2-3-4-5-6-7-8-9-10-11-12-13-14-15-16-17-18(19)20;/h9-10H,2-8,11-17H2,1H3,(H,19,20);/q;+3/p-1/b10-9-;. The van der Waals surface area contributed by atoms with Crippen molar-refractivity contribution in [1.29, 1.82) is 0 Å². The number of hydrogen-bond donors (Lipinski definition) is 0. The summed E-state index contributed by atoms with van der Waals surface area (Å²) >= 11 is 0. The molecule has 21 heavy (non-hydrogen) atoms. The van der Waals surface area contributed by atoms with Gasteiger partial charge < -0.3 is 9.90 Å². The molecular weight excluding hydrogens is 304 g/mol. The summed E-state index contributed by atoms with van der Waals surface area (Å²) in [7, 11) is 0. The normalized spacial score (nSPS) is 10.7. The van der Waals surface area contributed by atoms with Crippen molar-refractivity contribution < 1.29 is 27.0 Å². The van der Waals surface area contributed by atoms with Gasteiger partial charge in [-0.2, -0.15) is 0 Å². The van der Waals surface area contributed by atoms with Crippen LogP contribution in [0.25, 0.3) is 0 Å². The largest absolute Gasteiger partial charge is 3.00 e. The van der Waals surface area contributed by atoms with Crippen LogP contribution in [0.5, 0.6) is 0 Å². The van der Waals surface area contributed by atoms with Gasteiger partial charge in [-0.15, -0.1) is 0 Å². The molecule has 1 radical (unpaired) electrons. The van der Waals surface area contributed by atoms with Crippen LogP contribution < -0.4 is 5.11 Å². The van der Waals surface area contributed by atoms with E-state index >= 15 is 0 Å². The third-order valence-electron chi connectivity index (χ3n) is 3.64. The van der Waals surface area contributed by atoms with Crippen molar-refractivity contribution in [2.24, 2.45) is 0 Å². The van der Waals surface area contributed by atoms with Crippen molar-refractivity contribution in [2.75, 3.05) is 0 Å². The molecule has 0 aromatic rings. The van der Waals surface area contributed by atoms with E-state index in [1.54, 1.807) is 0 Å². The number of carbonyl (C=O) groups is 1. The Hall–Kier alpha value is -0.271. The van der Waals surface area contributed by atoms with Gasteiger partial charge in [0.25, 0.3) is 0 Å². The summed E-state index contributed by atoms with van der Waals surface area (Å²) in [4.78, 5) is 10.2. The Balaban J connectivity index is 0. The predicted octanol–water partition coefficient (Wildman–Crippen LogP) is 4.77. The third-order valence-corrected chi connectivity index (χ3v) is 3.64. The molecule has 0 amide bonds. The van der Waals surface area contributed by atoms with E-state index in [0.717, 1.165) is 19.3 Å². The van der Waals surface area contributed by atoms with E-state index in [2.05, 4.69) is 19.1 Å². The van der Waals surface area contributed by atoms with Crippen LogP contribution in [0.15, 0.2) is 12.2 Å². The summed E-state index contributed by atoms with van der Waals surface area (Å²) in [5, 5.41) is 10.2. The van der Waals surface area contributed by atoms with Gasteiger partial charge in [-0.1, -0.05) is 70.4 Å². The number of allylic oxidation sites excluding steroid dienone is 2. The third kappa shape index (κ3) is 22.2. The van der Waals surface area contributed by atoms with E-state index in [9.17, 15) is 9.90 Å². The zero-order valence-electron chi connectivity index (χ0n) is 13.7. The minimum absolute atomic E-state index is 0. The van der Waals surface area contributed by atoms with Gasteiger partial charge in [0.1, 0.15) is 0 Å². The Bertz CT molecular complexity index is 239. The number of carboxylic acid groups (broad SMARTS) is 1. The fraction of sp³-hybridized carbons (Fsp3) is 0.833. The van der Waals surface area contributed by atoms with Crippen molar-refractivity contribution in [1.82, 2.24) is 0 Å². The second-order valence-corrected chi connectivity index (χ2v) is 5.71. The average molecular weight is 337 g/mol. The molecule has 0 unspecified atom stereocenters. The molecule has 0 N–H and O–H groups in total. The van der Waals surface area contributed by atoms with E-state index in [4.69, 9.17) is 0 Å². The summed E-state index contributed by atoms with van der Waals surface area (Å²) in [5.41, 5.74) is 0. The molecule has 0 aliphatic rings. The van der Waals surface area contributed by atoms with Crippen LogP contribution in [0.2, 0.25) is 0 Å². The van der Waals surface area contributed by atoms with E-state index < -0.39 is 5.97 Å². The minimum Gasteiger partial charge on any atom is -0.550 e. The zero-order valence-corrected chi connectivity index (χ0v) is 14.8. The Morgan fingerprint density at radius 1 is 0.762 bits per heavy atom. The molecule has 3 heteroatoms. The summed E-state index contributed by atoms with van der Waals surface area (Å²) in [6.07, 6.45) is 20.9. The first-order valence-electron chi connectivity index (χ1n) is 8.62. The first kappa shape index (κ1) is 23.0. The maximum atomic E-state index is 10.2. The van der Waals surface area contributed by atoms with Crippen LogP contribution >= 0.6 is 0 Å². The molecule has 0 fully saturated rings. The fourth-order valence-electron chi connectivity index (χ4n) is 2.34. The van der Waals surface area contributed by atoms with Crippen LogP contribution in [0, 0.1) is 0 Å². The summed E-state index contributed by atoms with van der Waals surface area (Å²) < 4.78 is 0. The van der Waals surface area contributed by atoms with Crippen molar-refractivity contribution in [3.63, 3.8) is 0 Å². The van der Waals surface area contributed by atoms with Crippen LogP contribution in [-0.2, 0) is 21.9 Å². The van der Waals surface area contributed by atoms with E-state index in [1.165, 1.54) is 64.2 Å².